The van der Waals surface area contributed by atoms with Crippen LogP contribution in [-0.4, -0.2) is 12.7 Å². The van der Waals surface area contributed by atoms with Crippen molar-refractivity contribution in [3.05, 3.63) is 71.8 Å². The van der Waals surface area contributed by atoms with E-state index in [9.17, 15) is 4.79 Å². The van der Waals surface area contributed by atoms with Crippen molar-refractivity contribution in [3.63, 3.8) is 0 Å². The number of fused-ring (bicyclic) bond motifs is 2. The van der Waals surface area contributed by atoms with Gasteiger partial charge in [-0.05, 0) is 41.5 Å². The van der Waals surface area contributed by atoms with Gasteiger partial charge in [-0.25, -0.2) is 0 Å². The van der Waals surface area contributed by atoms with Gasteiger partial charge in [-0.3, -0.25) is 4.79 Å². The Morgan fingerprint density at radius 1 is 1.00 bits per heavy atom. The molecule has 4 heteroatoms. The van der Waals surface area contributed by atoms with Crippen LogP contribution in [0.4, 0.5) is 0 Å². The van der Waals surface area contributed by atoms with Gasteiger partial charge in [-0.2, -0.15) is 0 Å². The number of benzene rings is 3. The van der Waals surface area contributed by atoms with Gasteiger partial charge in [0.1, 0.15) is 0 Å². The average molecular weight is 319 g/mol. The molecule has 1 aliphatic heterocycles. The van der Waals surface area contributed by atoms with Crippen molar-refractivity contribution in [3.8, 4) is 11.5 Å². The van der Waals surface area contributed by atoms with E-state index in [0.29, 0.717) is 17.1 Å². The quantitative estimate of drug-likeness (QED) is 0.792. The third-order valence-corrected chi connectivity index (χ3v) is 4.27. The van der Waals surface area contributed by atoms with Crippen LogP contribution in [-0.2, 0) is 0 Å². The lowest BCUT2D eigenvalue weighted by Crippen LogP contribution is -2.26. The number of carbonyl (C=O) groups is 1. The Bertz CT molecular complexity index is 914. The van der Waals surface area contributed by atoms with Gasteiger partial charge in [-0.15, -0.1) is 0 Å². The molecular weight excluding hydrogens is 302 g/mol. The summed E-state index contributed by atoms with van der Waals surface area (Å²) in [5.74, 6) is 1.16. The second-order valence-corrected chi connectivity index (χ2v) is 5.83. The number of hydrogen-bond donors (Lipinski definition) is 1. The lowest BCUT2D eigenvalue weighted by molar-refractivity contribution is 0.0939. The molecular formula is C20H17NO3. The van der Waals surface area contributed by atoms with E-state index in [1.165, 1.54) is 5.39 Å². The summed E-state index contributed by atoms with van der Waals surface area (Å²) in [6.45, 7) is 2.19. The molecule has 0 spiro atoms. The van der Waals surface area contributed by atoms with Crippen molar-refractivity contribution < 1.29 is 14.3 Å². The lowest BCUT2D eigenvalue weighted by atomic mass is 9.99. The highest BCUT2D eigenvalue weighted by atomic mass is 16.7. The molecule has 24 heavy (non-hydrogen) atoms. The molecule has 0 unspecified atom stereocenters. The van der Waals surface area contributed by atoms with Crippen molar-refractivity contribution >= 4 is 16.7 Å². The normalized spacial score (nSPS) is 13.7. The first-order valence-corrected chi connectivity index (χ1v) is 7.90. The molecule has 0 aliphatic carbocycles. The molecule has 1 heterocycles. The Kier molecular flexibility index (Phi) is 3.58. The van der Waals surface area contributed by atoms with Gasteiger partial charge in [0.15, 0.2) is 11.5 Å². The van der Waals surface area contributed by atoms with Crippen LogP contribution in [0.25, 0.3) is 10.8 Å². The summed E-state index contributed by atoms with van der Waals surface area (Å²) in [6, 6.07) is 19.4. The minimum absolute atomic E-state index is 0.103. The zero-order chi connectivity index (χ0) is 16.5. The van der Waals surface area contributed by atoms with Crippen molar-refractivity contribution in [2.24, 2.45) is 0 Å². The largest absolute Gasteiger partial charge is 0.454 e. The molecule has 4 rings (SSSR count). The zero-order valence-corrected chi connectivity index (χ0v) is 13.3. The van der Waals surface area contributed by atoms with Crippen molar-refractivity contribution in [2.45, 2.75) is 13.0 Å². The molecule has 0 aromatic heterocycles. The van der Waals surface area contributed by atoms with E-state index in [1.54, 1.807) is 18.2 Å². The molecule has 0 saturated carbocycles. The molecule has 0 saturated heterocycles. The summed E-state index contributed by atoms with van der Waals surface area (Å²) in [4.78, 5) is 12.6. The first-order valence-electron chi connectivity index (χ1n) is 7.90. The summed E-state index contributed by atoms with van der Waals surface area (Å²) in [7, 11) is 0. The van der Waals surface area contributed by atoms with Crippen molar-refractivity contribution in [2.75, 3.05) is 6.79 Å². The molecule has 120 valence electrons. The van der Waals surface area contributed by atoms with Crippen LogP contribution < -0.4 is 14.8 Å². The summed E-state index contributed by atoms with van der Waals surface area (Å²) < 4.78 is 10.6. The van der Waals surface area contributed by atoms with Gasteiger partial charge in [0, 0.05) is 5.56 Å². The van der Waals surface area contributed by atoms with Crippen LogP contribution in [0.15, 0.2) is 60.7 Å². The van der Waals surface area contributed by atoms with Crippen LogP contribution in [0.5, 0.6) is 11.5 Å². The van der Waals surface area contributed by atoms with E-state index in [2.05, 4.69) is 23.5 Å². The smallest absolute Gasteiger partial charge is 0.251 e. The molecule has 4 nitrogen and oxygen atoms in total. The van der Waals surface area contributed by atoms with E-state index < -0.39 is 0 Å². The molecule has 0 radical (unpaired) electrons. The Hall–Kier alpha value is -3.01. The van der Waals surface area contributed by atoms with Gasteiger partial charge in [0.05, 0.1) is 6.04 Å². The molecule has 0 fully saturated rings. The van der Waals surface area contributed by atoms with Crippen LogP contribution in [0.2, 0.25) is 0 Å². The van der Waals surface area contributed by atoms with E-state index in [-0.39, 0.29) is 18.7 Å². The molecule has 1 amide bonds. The first kappa shape index (κ1) is 14.6. The maximum atomic E-state index is 12.6. The second kappa shape index (κ2) is 5.89. The third-order valence-electron chi connectivity index (χ3n) is 4.27. The van der Waals surface area contributed by atoms with Crippen molar-refractivity contribution in [1.82, 2.24) is 5.32 Å². The number of rotatable bonds is 3. The highest BCUT2D eigenvalue weighted by Gasteiger charge is 2.18. The minimum Gasteiger partial charge on any atom is -0.454 e. The van der Waals surface area contributed by atoms with E-state index in [1.807, 2.05) is 31.2 Å². The number of hydrogen-bond acceptors (Lipinski definition) is 3. The fourth-order valence-corrected chi connectivity index (χ4v) is 3.02. The van der Waals surface area contributed by atoms with Crippen LogP contribution >= 0.6 is 0 Å². The summed E-state index contributed by atoms with van der Waals surface area (Å²) in [5, 5.41) is 5.38. The van der Waals surface area contributed by atoms with Gasteiger partial charge < -0.3 is 14.8 Å². The van der Waals surface area contributed by atoms with E-state index >= 15 is 0 Å². The number of nitrogens with one attached hydrogen (secondary N) is 1. The maximum Gasteiger partial charge on any atom is 0.251 e. The highest BCUT2D eigenvalue weighted by Crippen LogP contribution is 2.32. The van der Waals surface area contributed by atoms with Gasteiger partial charge in [0.2, 0.25) is 6.79 Å². The molecule has 1 N–H and O–H groups in total. The predicted octanol–water partition coefficient (Wildman–Crippen LogP) is 4.06. The van der Waals surface area contributed by atoms with Gasteiger partial charge in [-0.1, -0.05) is 42.5 Å². The molecule has 3 aromatic carbocycles. The SMILES string of the molecule is C[C@H](NC(=O)c1ccc2c(c1)OCO2)c1cccc2ccccc12. The predicted molar refractivity (Wildman–Crippen MR) is 92.4 cm³/mol. The lowest BCUT2D eigenvalue weighted by Gasteiger charge is -2.17. The highest BCUT2D eigenvalue weighted by molar-refractivity contribution is 5.95. The summed E-state index contributed by atoms with van der Waals surface area (Å²) in [5.41, 5.74) is 1.66. The Morgan fingerprint density at radius 2 is 1.79 bits per heavy atom. The zero-order valence-electron chi connectivity index (χ0n) is 13.3. The van der Waals surface area contributed by atoms with Crippen molar-refractivity contribution in [1.29, 1.82) is 0 Å². The van der Waals surface area contributed by atoms with Gasteiger partial charge in [0.25, 0.3) is 5.91 Å². The van der Waals surface area contributed by atoms with Crippen LogP contribution in [0, 0.1) is 0 Å². The van der Waals surface area contributed by atoms with Crippen LogP contribution in [0.3, 0.4) is 0 Å². The number of amides is 1. The van der Waals surface area contributed by atoms with Crippen LogP contribution in [0.1, 0.15) is 28.9 Å². The van der Waals surface area contributed by atoms with Gasteiger partial charge >= 0.3 is 0 Å². The first-order chi connectivity index (χ1) is 11.7. The number of ether oxygens (including phenoxy) is 2. The molecule has 1 atom stereocenters. The Morgan fingerprint density at radius 3 is 2.71 bits per heavy atom. The van der Waals surface area contributed by atoms with E-state index in [0.717, 1.165) is 10.9 Å². The fourth-order valence-electron chi connectivity index (χ4n) is 3.02. The fraction of sp³-hybridized carbons (Fsp3) is 0.150. The monoisotopic (exact) mass is 319 g/mol. The standard InChI is InChI=1S/C20H17NO3/c1-13(16-8-4-6-14-5-2-3-7-17(14)16)21-20(22)15-9-10-18-19(11-15)24-12-23-18/h2-11,13H,12H2,1H3,(H,21,22)/t13-/m0/s1. The summed E-state index contributed by atoms with van der Waals surface area (Å²) >= 11 is 0. The molecule has 3 aromatic rings. The molecule has 0 bridgehead atoms. The third kappa shape index (κ3) is 2.56. The maximum absolute atomic E-state index is 12.6. The topological polar surface area (TPSA) is 47.6 Å². The van der Waals surface area contributed by atoms with E-state index in [4.69, 9.17) is 9.47 Å². The number of carbonyl (C=O) groups excluding carboxylic acids is 1. The second-order valence-electron chi connectivity index (χ2n) is 5.83. The Labute approximate surface area is 140 Å². The Balaban J connectivity index is 1.59. The average Bonchev–Trinajstić information content (AvgIpc) is 3.08. The molecule has 1 aliphatic rings. The minimum atomic E-state index is -0.131. The summed E-state index contributed by atoms with van der Waals surface area (Å²) in [6.07, 6.45) is 0.